The van der Waals surface area contributed by atoms with Crippen molar-refractivity contribution in [3.05, 3.63) is 217 Å². The molecule has 4 aromatic heterocycles. The number of benzene rings is 9. The van der Waals surface area contributed by atoms with Crippen molar-refractivity contribution >= 4 is 60.4 Å². The summed E-state index contributed by atoms with van der Waals surface area (Å²) in [6, 6.07) is 70.2. The van der Waals surface area contributed by atoms with Crippen molar-refractivity contribution in [2.45, 2.75) is 79.1 Å². The van der Waals surface area contributed by atoms with Gasteiger partial charge in [-0.3, -0.25) is 9.97 Å². The van der Waals surface area contributed by atoms with Crippen LogP contribution in [0.1, 0.15) is 101 Å². The number of aromatic nitrogens is 4. The third-order valence-corrected chi connectivity index (χ3v) is 15.3. The SMILES string of the molecule is CC(C)c1cc(-c2ccccc2)cc(C(C)C)c1-c1ccc2c3ccc(Oc4[c-]c(-c5nc6ccccc6n5-c5c(C(C)C)cc(-c6ccccc6)cc5C(C)C)ccc4)[c-]c3c3nc4ccc5occc5c4n3c2c1.[Pt+2]. The quantitative estimate of drug-likeness (QED) is 0.0956. The van der Waals surface area contributed by atoms with Gasteiger partial charge in [0.2, 0.25) is 0 Å². The van der Waals surface area contributed by atoms with Crippen molar-refractivity contribution in [3.63, 3.8) is 0 Å². The predicted molar refractivity (Wildman–Crippen MR) is 314 cm³/mol. The zero-order valence-corrected chi connectivity index (χ0v) is 46.8. The van der Waals surface area contributed by atoms with Crippen LogP contribution in [-0.2, 0) is 21.1 Å². The van der Waals surface area contributed by atoms with Crippen molar-refractivity contribution in [1.82, 2.24) is 18.9 Å². The number of hydrogen-bond acceptors (Lipinski definition) is 4. The van der Waals surface area contributed by atoms with Crippen molar-refractivity contribution in [3.8, 4) is 62.0 Å². The Labute approximate surface area is 464 Å². The van der Waals surface area contributed by atoms with E-state index in [1.165, 1.54) is 61.3 Å². The fourth-order valence-electron chi connectivity index (χ4n) is 11.6. The Morgan fingerprint density at radius 1 is 0.468 bits per heavy atom. The number of ether oxygens (including phenoxy) is 1. The molecule has 380 valence electrons. The molecule has 0 aliphatic carbocycles. The Hall–Kier alpha value is -8.05. The number of pyridine rings is 1. The van der Waals surface area contributed by atoms with Crippen molar-refractivity contribution in [2.75, 3.05) is 0 Å². The Balaban J connectivity index is 0.00000596. The van der Waals surface area contributed by atoms with Gasteiger partial charge in [0.1, 0.15) is 5.58 Å². The molecule has 0 amide bonds. The van der Waals surface area contributed by atoms with Gasteiger partial charge in [-0.25, -0.2) is 0 Å². The summed E-state index contributed by atoms with van der Waals surface area (Å²) >= 11 is 0. The molecule has 9 aromatic carbocycles. The first-order chi connectivity index (χ1) is 37.0. The minimum Gasteiger partial charge on any atom is -0.497 e. The standard InChI is InChI=1S/C70H58N4O2.Pt/c1-41(2)56-35-49(45-18-11-9-12-19-45)36-57(42(3)4)66(56)47-26-28-54-53-29-27-52(40-60(53)70-72-62-30-31-65-55(32-33-75-65)68(62)74(70)64(54)39-47)76-51-23-17-22-48(34-51)69-71-61-24-15-16-25-63(61)73(69)67-58(43(5)6)37-50(38-59(67)44(7)8)46-20-13-10-14-21-46;/h9-33,35-39,41-44H,1-8H3;/q-2;+2. The number of nitrogens with zero attached hydrogens (tertiary/aromatic N) is 4. The predicted octanol–water partition coefficient (Wildman–Crippen LogP) is 19.4. The molecule has 7 heteroatoms. The van der Waals surface area contributed by atoms with Gasteiger partial charge >= 0.3 is 21.1 Å². The van der Waals surface area contributed by atoms with Gasteiger partial charge in [0.05, 0.1) is 39.8 Å². The van der Waals surface area contributed by atoms with E-state index >= 15 is 0 Å². The Morgan fingerprint density at radius 2 is 1.08 bits per heavy atom. The number of hydrogen-bond donors (Lipinski definition) is 0. The van der Waals surface area contributed by atoms with Gasteiger partial charge in [-0.15, -0.1) is 29.8 Å². The minimum absolute atomic E-state index is 0. The molecule has 0 N–H and O–H groups in total. The van der Waals surface area contributed by atoms with Crippen LogP contribution in [0.4, 0.5) is 0 Å². The van der Waals surface area contributed by atoms with Crippen LogP contribution in [0.5, 0.6) is 11.5 Å². The minimum atomic E-state index is 0. The van der Waals surface area contributed by atoms with E-state index in [0.717, 1.165) is 71.7 Å². The van der Waals surface area contributed by atoms with Gasteiger partial charge in [0.15, 0.2) is 0 Å². The normalized spacial score (nSPS) is 12.0. The number of imidazole rings is 2. The van der Waals surface area contributed by atoms with E-state index in [1.54, 1.807) is 6.26 Å². The zero-order valence-electron chi connectivity index (χ0n) is 44.6. The first kappa shape index (κ1) is 49.8. The first-order valence-corrected chi connectivity index (χ1v) is 26.7. The Kier molecular flexibility index (Phi) is 12.8. The molecule has 0 bridgehead atoms. The van der Waals surface area contributed by atoms with Crippen molar-refractivity contribution < 1.29 is 30.2 Å². The van der Waals surface area contributed by atoms with Crippen molar-refractivity contribution in [1.29, 1.82) is 0 Å². The smallest absolute Gasteiger partial charge is 0.497 e. The summed E-state index contributed by atoms with van der Waals surface area (Å²) in [5.41, 5.74) is 21.1. The van der Waals surface area contributed by atoms with E-state index in [0.29, 0.717) is 23.3 Å². The summed E-state index contributed by atoms with van der Waals surface area (Å²) in [6.07, 6.45) is 1.77. The fourth-order valence-corrected chi connectivity index (χ4v) is 11.6. The molecule has 77 heavy (non-hydrogen) atoms. The number of para-hydroxylation sites is 2. The molecule has 0 spiro atoms. The second-order valence-electron chi connectivity index (χ2n) is 21.6. The number of rotatable bonds is 11. The topological polar surface area (TPSA) is 57.5 Å². The number of fused-ring (bicyclic) bond motifs is 11. The van der Waals surface area contributed by atoms with Gasteiger partial charge in [-0.05, 0) is 133 Å². The monoisotopic (exact) mass is 1180 g/mol. The Bertz CT molecular complexity index is 4330. The van der Waals surface area contributed by atoms with Gasteiger partial charge in [-0.1, -0.05) is 181 Å². The summed E-state index contributed by atoms with van der Waals surface area (Å²) in [7, 11) is 0. The van der Waals surface area contributed by atoms with Gasteiger partial charge in [-0.2, -0.15) is 0 Å². The molecule has 4 heterocycles. The summed E-state index contributed by atoms with van der Waals surface area (Å²) in [5.74, 6) is 3.01. The van der Waals surface area contributed by atoms with E-state index in [9.17, 15) is 0 Å². The van der Waals surface area contributed by atoms with Crippen LogP contribution in [0.25, 0.3) is 111 Å². The molecule has 0 aliphatic rings. The molecular weight excluding hydrogens is 1120 g/mol. The van der Waals surface area contributed by atoms with E-state index in [-0.39, 0.29) is 32.9 Å². The van der Waals surface area contributed by atoms with Gasteiger partial charge < -0.3 is 18.1 Å². The molecule has 0 aliphatic heterocycles. The zero-order chi connectivity index (χ0) is 51.9. The van der Waals surface area contributed by atoms with Crippen molar-refractivity contribution in [2.24, 2.45) is 0 Å². The summed E-state index contributed by atoms with van der Waals surface area (Å²) < 4.78 is 17.5. The average molecular weight is 1180 g/mol. The molecule has 0 unspecified atom stereocenters. The average Bonchev–Trinajstić information content (AvgIpc) is 4.32. The molecule has 0 fully saturated rings. The molecular formula is C70H58N4O2Pt. The second kappa shape index (κ2) is 19.8. The van der Waals surface area contributed by atoms with Crippen LogP contribution in [-0.4, -0.2) is 18.9 Å². The van der Waals surface area contributed by atoms with E-state index in [1.807, 2.05) is 24.3 Å². The largest absolute Gasteiger partial charge is 2.00 e. The van der Waals surface area contributed by atoms with Gasteiger partial charge in [0.25, 0.3) is 0 Å². The van der Waals surface area contributed by atoms with Crippen LogP contribution in [0.15, 0.2) is 187 Å². The molecule has 0 saturated heterocycles. The van der Waals surface area contributed by atoms with Crippen LogP contribution < -0.4 is 4.74 Å². The maximum Gasteiger partial charge on any atom is 2.00 e. The van der Waals surface area contributed by atoms with Crippen LogP contribution >= 0.6 is 0 Å². The Morgan fingerprint density at radius 3 is 1.74 bits per heavy atom. The third kappa shape index (κ3) is 8.55. The van der Waals surface area contributed by atoms with E-state index in [2.05, 4.69) is 228 Å². The first-order valence-electron chi connectivity index (χ1n) is 26.7. The molecule has 13 rings (SSSR count). The van der Waals surface area contributed by atoms with Crippen LogP contribution in [0.3, 0.4) is 0 Å². The molecule has 6 nitrogen and oxygen atoms in total. The second-order valence-corrected chi connectivity index (χ2v) is 21.6. The molecule has 0 saturated carbocycles. The van der Waals surface area contributed by atoms with Crippen LogP contribution in [0.2, 0.25) is 0 Å². The number of furan rings is 1. The summed E-state index contributed by atoms with van der Waals surface area (Å²) in [6.45, 7) is 18.4. The maximum atomic E-state index is 6.84. The fraction of sp³-hybridized carbons (Fsp3) is 0.171. The third-order valence-electron chi connectivity index (χ3n) is 15.3. The maximum absolute atomic E-state index is 6.84. The van der Waals surface area contributed by atoms with Gasteiger partial charge in [0, 0.05) is 28.1 Å². The van der Waals surface area contributed by atoms with E-state index in [4.69, 9.17) is 19.1 Å². The van der Waals surface area contributed by atoms with Crippen LogP contribution in [0, 0.1) is 12.1 Å². The summed E-state index contributed by atoms with van der Waals surface area (Å²) in [5, 5.41) is 4.01. The molecule has 0 radical (unpaired) electrons. The molecule has 13 aromatic rings. The van der Waals surface area contributed by atoms with E-state index < -0.39 is 0 Å². The summed E-state index contributed by atoms with van der Waals surface area (Å²) in [4.78, 5) is 10.8. The molecule has 0 atom stereocenters.